The molecule has 0 aromatic heterocycles. The number of amides is 1. The number of hydrogen-bond acceptors (Lipinski definition) is 2. The van der Waals surface area contributed by atoms with Crippen LogP contribution in [0.15, 0.2) is 0 Å². The topological polar surface area (TPSA) is 52.3 Å². The Hall–Kier alpha value is -0.570. The Bertz CT molecular complexity index is 89.1. The predicted molar refractivity (Wildman–Crippen MR) is 34.9 cm³/mol. The van der Waals surface area contributed by atoms with Crippen molar-refractivity contribution in [1.29, 1.82) is 0 Å². The largest absolute Gasteiger partial charge is 0.381 e. The van der Waals surface area contributed by atoms with Crippen molar-refractivity contribution in [2.75, 3.05) is 7.11 Å². The molecule has 0 aromatic carbocycles. The van der Waals surface area contributed by atoms with Crippen LogP contribution in [0.4, 0.5) is 0 Å². The van der Waals surface area contributed by atoms with Crippen molar-refractivity contribution in [1.82, 2.24) is 0 Å². The number of carbonyl (C=O) groups excluding carboxylic acids is 1. The minimum absolute atomic E-state index is 0.00231. The summed E-state index contributed by atoms with van der Waals surface area (Å²) in [7, 11) is 1.58. The highest BCUT2D eigenvalue weighted by Crippen LogP contribution is 1.99. The lowest BCUT2D eigenvalue weighted by molar-refractivity contribution is -0.120. The lowest BCUT2D eigenvalue weighted by atomic mass is 10.2. The van der Waals surface area contributed by atoms with Crippen molar-refractivity contribution in [3.05, 3.63) is 0 Å². The van der Waals surface area contributed by atoms with E-state index in [1.165, 1.54) is 0 Å². The van der Waals surface area contributed by atoms with Gasteiger partial charge < -0.3 is 10.5 Å². The molecule has 3 heteroatoms. The van der Waals surface area contributed by atoms with E-state index in [1.54, 1.807) is 7.11 Å². The highest BCUT2D eigenvalue weighted by atomic mass is 16.5. The van der Waals surface area contributed by atoms with Crippen LogP contribution >= 0.6 is 0 Å². The Morgan fingerprint density at radius 1 is 1.78 bits per heavy atom. The van der Waals surface area contributed by atoms with Crippen molar-refractivity contribution in [2.24, 2.45) is 5.73 Å². The average molecular weight is 131 g/mol. The van der Waals surface area contributed by atoms with Gasteiger partial charge in [0, 0.05) is 7.11 Å². The Kier molecular flexibility index (Phi) is 4.05. The molecule has 1 atom stereocenters. The first-order valence-corrected chi connectivity index (χ1v) is 3.01. The third kappa shape index (κ3) is 3.97. The van der Waals surface area contributed by atoms with Gasteiger partial charge in [0.2, 0.25) is 5.91 Å². The number of carbonyl (C=O) groups is 1. The zero-order chi connectivity index (χ0) is 7.28. The summed E-state index contributed by atoms with van der Waals surface area (Å²) >= 11 is 0. The molecule has 0 aromatic rings. The van der Waals surface area contributed by atoms with Crippen molar-refractivity contribution >= 4 is 5.91 Å². The number of rotatable bonds is 4. The zero-order valence-electron chi connectivity index (χ0n) is 5.89. The SMILES string of the molecule is CCC(CC(N)=O)OC. The monoisotopic (exact) mass is 131 g/mol. The standard InChI is InChI=1S/C6H13NO2/c1-3-5(9-2)4-6(7)8/h5H,3-4H2,1-2H3,(H2,7,8). The molecule has 0 saturated carbocycles. The summed E-state index contributed by atoms with van der Waals surface area (Å²) < 4.78 is 4.91. The summed E-state index contributed by atoms with van der Waals surface area (Å²) in [6.45, 7) is 1.96. The molecule has 0 rings (SSSR count). The zero-order valence-corrected chi connectivity index (χ0v) is 5.89. The van der Waals surface area contributed by atoms with Gasteiger partial charge in [0.25, 0.3) is 0 Å². The molecule has 0 aliphatic heterocycles. The second kappa shape index (κ2) is 4.32. The van der Waals surface area contributed by atoms with E-state index in [2.05, 4.69) is 0 Å². The van der Waals surface area contributed by atoms with Crippen LogP contribution in [-0.4, -0.2) is 19.1 Å². The summed E-state index contributed by atoms with van der Waals surface area (Å²) in [4.78, 5) is 10.3. The van der Waals surface area contributed by atoms with Gasteiger partial charge in [-0.25, -0.2) is 0 Å². The average Bonchev–Trinajstić information content (AvgIpc) is 1.82. The molecule has 1 amide bonds. The van der Waals surface area contributed by atoms with Gasteiger partial charge in [-0.15, -0.1) is 0 Å². The van der Waals surface area contributed by atoms with Crippen LogP contribution in [0.5, 0.6) is 0 Å². The number of nitrogens with two attached hydrogens (primary N) is 1. The molecule has 0 bridgehead atoms. The van der Waals surface area contributed by atoms with Crippen molar-refractivity contribution < 1.29 is 9.53 Å². The van der Waals surface area contributed by atoms with E-state index in [0.717, 1.165) is 6.42 Å². The number of ether oxygens (including phenoxy) is 1. The molecule has 0 aliphatic carbocycles. The van der Waals surface area contributed by atoms with E-state index in [1.807, 2.05) is 6.92 Å². The summed E-state index contributed by atoms with van der Waals surface area (Å²) in [6, 6.07) is 0. The van der Waals surface area contributed by atoms with E-state index >= 15 is 0 Å². The van der Waals surface area contributed by atoms with Crippen molar-refractivity contribution in [2.45, 2.75) is 25.9 Å². The first-order chi connectivity index (χ1) is 4.20. The minimum atomic E-state index is -0.302. The fraction of sp³-hybridized carbons (Fsp3) is 0.833. The van der Waals surface area contributed by atoms with Gasteiger partial charge in [-0.1, -0.05) is 6.92 Å². The molecule has 0 fully saturated rings. The molecule has 0 heterocycles. The molecule has 0 saturated heterocycles. The maximum atomic E-state index is 10.3. The lowest BCUT2D eigenvalue weighted by Crippen LogP contribution is -2.20. The van der Waals surface area contributed by atoms with Crippen LogP contribution in [0.2, 0.25) is 0 Å². The summed E-state index contributed by atoms with van der Waals surface area (Å²) in [5.41, 5.74) is 4.93. The van der Waals surface area contributed by atoms with Crippen LogP contribution in [0, 0.1) is 0 Å². The van der Waals surface area contributed by atoms with Gasteiger partial charge in [0.15, 0.2) is 0 Å². The van der Waals surface area contributed by atoms with Gasteiger partial charge in [0.1, 0.15) is 0 Å². The minimum Gasteiger partial charge on any atom is -0.381 e. The fourth-order valence-electron chi connectivity index (χ4n) is 0.619. The molecule has 1 unspecified atom stereocenters. The van der Waals surface area contributed by atoms with Crippen molar-refractivity contribution in [3.8, 4) is 0 Å². The molecule has 0 radical (unpaired) electrons. The second-order valence-corrected chi connectivity index (χ2v) is 1.94. The van der Waals surface area contributed by atoms with Crippen LogP contribution in [-0.2, 0) is 9.53 Å². The molecule has 54 valence electrons. The molecule has 0 aliphatic rings. The fourth-order valence-corrected chi connectivity index (χ4v) is 0.619. The Morgan fingerprint density at radius 3 is 2.44 bits per heavy atom. The highest BCUT2D eigenvalue weighted by Gasteiger charge is 2.06. The lowest BCUT2D eigenvalue weighted by Gasteiger charge is -2.08. The molecular formula is C6H13NO2. The molecule has 9 heavy (non-hydrogen) atoms. The van der Waals surface area contributed by atoms with E-state index in [9.17, 15) is 4.79 Å². The molecule has 0 spiro atoms. The maximum absolute atomic E-state index is 10.3. The van der Waals surface area contributed by atoms with Gasteiger partial charge in [-0.05, 0) is 6.42 Å². The summed E-state index contributed by atoms with van der Waals surface area (Å²) in [5, 5.41) is 0. The number of methoxy groups -OCH3 is 1. The third-order valence-electron chi connectivity index (χ3n) is 1.22. The smallest absolute Gasteiger partial charge is 0.220 e. The third-order valence-corrected chi connectivity index (χ3v) is 1.22. The highest BCUT2D eigenvalue weighted by molar-refractivity contribution is 5.74. The van der Waals surface area contributed by atoms with Crippen LogP contribution in [0.3, 0.4) is 0 Å². The van der Waals surface area contributed by atoms with Gasteiger partial charge >= 0.3 is 0 Å². The Labute approximate surface area is 55.2 Å². The van der Waals surface area contributed by atoms with Crippen molar-refractivity contribution in [3.63, 3.8) is 0 Å². The molecule has 2 N–H and O–H groups in total. The predicted octanol–water partition coefficient (Wildman–Crippen LogP) is 0.287. The normalized spacial score (nSPS) is 13.1. The first-order valence-electron chi connectivity index (χ1n) is 3.01. The van der Waals surface area contributed by atoms with Crippen LogP contribution < -0.4 is 5.73 Å². The quantitative estimate of drug-likeness (QED) is 0.596. The van der Waals surface area contributed by atoms with Gasteiger partial charge in [0.05, 0.1) is 12.5 Å². The van der Waals surface area contributed by atoms with Gasteiger partial charge in [-0.2, -0.15) is 0 Å². The Balaban J connectivity index is 3.43. The molecular weight excluding hydrogens is 118 g/mol. The maximum Gasteiger partial charge on any atom is 0.220 e. The summed E-state index contributed by atoms with van der Waals surface area (Å²) in [6.07, 6.45) is 1.16. The molecule has 3 nitrogen and oxygen atoms in total. The van der Waals surface area contributed by atoms with E-state index < -0.39 is 0 Å². The first kappa shape index (κ1) is 8.43. The van der Waals surface area contributed by atoms with E-state index in [-0.39, 0.29) is 12.0 Å². The second-order valence-electron chi connectivity index (χ2n) is 1.94. The number of primary amides is 1. The van der Waals surface area contributed by atoms with E-state index in [4.69, 9.17) is 10.5 Å². The Morgan fingerprint density at radius 2 is 2.33 bits per heavy atom. The summed E-state index contributed by atoms with van der Waals surface area (Å²) in [5.74, 6) is -0.302. The van der Waals surface area contributed by atoms with E-state index in [0.29, 0.717) is 6.42 Å². The van der Waals surface area contributed by atoms with Gasteiger partial charge in [-0.3, -0.25) is 4.79 Å². The van der Waals surface area contributed by atoms with Crippen LogP contribution in [0.1, 0.15) is 19.8 Å². The van der Waals surface area contributed by atoms with Crippen LogP contribution in [0.25, 0.3) is 0 Å². The number of hydrogen-bond donors (Lipinski definition) is 1.